The summed E-state index contributed by atoms with van der Waals surface area (Å²) < 4.78 is 6.09. The maximum Gasteiger partial charge on any atom is 0.182 e. The van der Waals surface area contributed by atoms with Crippen LogP contribution < -0.4 is 0 Å². The van der Waals surface area contributed by atoms with Gasteiger partial charge in [-0.3, -0.25) is 4.99 Å². The molecule has 0 bridgehead atoms. The zero-order valence-corrected chi connectivity index (χ0v) is 11.7. The highest BCUT2D eigenvalue weighted by molar-refractivity contribution is 5.56. The van der Waals surface area contributed by atoms with Crippen molar-refractivity contribution in [2.24, 2.45) is 4.99 Å². The standard InChI is InChI=1S/C18H19NO/c1-2-9-17-18(20-14-19-17,15-10-5-3-6-11-15)16-12-7-4-8-13-16/h3-8,10-14,17H,2,9H2,1H3. The van der Waals surface area contributed by atoms with Gasteiger partial charge in [0, 0.05) is 11.1 Å². The van der Waals surface area contributed by atoms with Crippen LogP contribution in [0, 0.1) is 0 Å². The predicted octanol–water partition coefficient (Wildman–Crippen LogP) is 4.16. The van der Waals surface area contributed by atoms with Gasteiger partial charge in [0.2, 0.25) is 0 Å². The van der Waals surface area contributed by atoms with Crippen LogP contribution in [0.25, 0.3) is 0 Å². The smallest absolute Gasteiger partial charge is 0.182 e. The number of hydrogen-bond acceptors (Lipinski definition) is 2. The third-order valence-electron chi connectivity index (χ3n) is 3.92. The van der Waals surface area contributed by atoms with E-state index in [1.807, 2.05) is 12.1 Å². The first-order valence-corrected chi connectivity index (χ1v) is 7.18. The molecule has 0 N–H and O–H groups in total. The summed E-state index contributed by atoms with van der Waals surface area (Å²) in [4.78, 5) is 4.58. The third-order valence-corrected chi connectivity index (χ3v) is 3.92. The fraction of sp³-hybridized carbons (Fsp3) is 0.278. The molecule has 1 aliphatic rings. The largest absolute Gasteiger partial charge is 0.465 e. The molecule has 0 aliphatic carbocycles. The lowest BCUT2D eigenvalue weighted by atomic mass is 9.79. The molecule has 0 spiro atoms. The number of rotatable bonds is 4. The summed E-state index contributed by atoms with van der Waals surface area (Å²) >= 11 is 0. The predicted molar refractivity (Wildman–Crippen MR) is 81.9 cm³/mol. The minimum absolute atomic E-state index is 0.136. The Morgan fingerprint density at radius 3 is 2.00 bits per heavy atom. The van der Waals surface area contributed by atoms with Crippen molar-refractivity contribution in [3.8, 4) is 0 Å². The maximum atomic E-state index is 6.09. The van der Waals surface area contributed by atoms with Crippen LogP contribution in [0.3, 0.4) is 0 Å². The highest BCUT2D eigenvalue weighted by atomic mass is 16.5. The zero-order valence-electron chi connectivity index (χ0n) is 11.7. The van der Waals surface area contributed by atoms with E-state index in [4.69, 9.17) is 4.74 Å². The lowest BCUT2D eigenvalue weighted by Gasteiger charge is -2.34. The van der Waals surface area contributed by atoms with Crippen LogP contribution in [-0.4, -0.2) is 12.4 Å². The van der Waals surface area contributed by atoms with Crippen molar-refractivity contribution in [2.75, 3.05) is 0 Å². The second kappa shape index (κ2) is 5.49. The maximum absolute atomic E-state index is 6.09. The zero-order chi connectivity index (χ0) is 13.8. The number of aliphatic imine (C=N–C) groups is 1. The number of hydrogen-bond donors (Lipinski definition) is 0. The molecule has 1 unspecified atom stereocenters. The van der Waals surface area contributed by atoms with E-state index in [2.05, 4.69) is 60.4 Å². The van der Waals surface area contributed by atoms with Gasteiger partial charge in [0.15, 0.2) is 12.0 Å². The van der Waals surface area contributed by atoms with E-state index in [1.54, 1.807) is 6.40 Å². The van der Waals surface area contributed by atoms with Crippen molar-refractivity contribution >= 4 is 6.40 Å². The Labute approximate surface area is 120 Å². The highest BCUT2D eigenvalue weighted by Gasteiger charge is 2.46. The summed E-state index contributed by atoms with van der Waals surface area (Å²) in [5, 5.41) is 0. The van der Waals surface area contributed by atoms with Crippen molar-refractivity contribution in [3.05, 3.63) is 71.8 Å². The Morgan fingerprint density at radius 1 is 0.950 bits per heavy atom. The van der Waals surface area contributed by atoms with Gasteiger partial charge in [-0.05, 0) is 6.42 Å². The molecule has 0 fully saturated rings. The third kappa shape index (κ3) is 2.01. The molecule has 1 heterocycles. The van der Waals surface area contributed by atoms with Gasteiger partial charge in [-0.15, -0.1) is 0 Å². The molecule has 102 valence electrons. The molecule has 2 nitrogen and oxygen atoms in total. The average Bonchev–Trinajstić information content (AvgIpc) is 2.94. The summed E-state index contributed by atoms with van der Waals surface area (Å²) in [6, 6.07) is 21.0. The van der Waals surface area contributed by atoms with Crippen LogP contribution in [0.15, 0.2) is 65.7 Å². The summed E-state index contributed by atoms with van der Waals surface area (Å²) in [6.45, 7) is 2.19. The molecule has 0 saturated heterocycles. The SMILES string of the molecule is CCCC1N=COC1(c1ccccc1)c1ccccc1. The van der Waals surface area contributed by atoms with Gasteiger partial charge >= 0.3 is 0 Å². The van der Waals surface area contributed by atoms with Crippen molar-refractivity contribution in [1.29, 1.82) is 0 Å². The quantitative estimate of drug-likeness (QED) is 0.813. The number of nitrogens with zero attached hydrogens (tertiary/aromatic N) is 1. The lowest BCUT2D eigenvalue weighted by molar-refractivity contribution is 0.100. The fourth-order valence-electron chi connectivity index (χ4n) is 2.98. The minimum Gasteiger partial charge on any atom is -0.465 e. The molecule has 2 aromatic carbocycles. The number of benzene rings is 2. The van der Waals surface area contributed by atoms with E-state index in [0.29, 0.717) is 0 Å². The van der Waals surface area contributed by atoms with Crippen LogP contribution in [0.4, 0.5) is 0 Å². The fourth-order valence-corrected chi connectivity index (χ4v) is 2.98. The molecule has 1 aliphatic heterocycles. The topological polar surface area (TPSA) is 21.6 Å². The highest BCUT2D eigenvalue weighted by Crippen LogP contribution is 2.42. The summed E-state index contributed by atoms with van der Waals surface area (Å²) in [7, 11) is 0. The van der Waals surface area contributed by atoms with Crippen LogP contribution in [0.1, 0.15) is 30.9 Å². The van der Waals surface area contributed by atoms with E-state index in [9.17, 15) is 0 Å². The Bertz CT molecular complexity index is 537. The first-order valence-electron chi connectivity index (χ1n) is 7.18. The summed E-state index contributed by atoms with van der Waals surface area (Å²) in [5.41, 5.74) is 1.86. The van der Waals surface area contributed by atoms with Crippen molar-refractivity contribution in [3.63, 3.8) is 0 Å². The van der Waals surface area contributed by atoms with E-state index in [-0.39, 0.29) is 6.04 Å². The first-order chi connectivity index (χ1) is 9.88. The molecule has 2 heteroatoms. The monoisotopic (exact) mass is 265 g/mol. The van der Waals surface area contributed by atoms with Crippen LogP contribution in [0.2, 0.25) is 0 Å². The molecule has 0 radical (unpaired) electrons. The van der Waals surface area contributed by atoms with E-state index in [1.165, 1.54) is 11.1 Å². The Morgan fingerprint density at radius 2 is 1.50 bits per heavy atom. The van der Waals surface area contributed by atoms with Gasteiger partial charge in [-0.1, -0.05) is 74.0 Å². The molecule has 0 aromatic heterocycles. The molecular weight excluding hydrogens is 246 g/mol. The normalized spacial score (nSPS) is 19.8. The number of ether oxygens (including phenoxy) is 1. The van der Waals surface area contributed by atoms with Gasteiger partial charge in [0.1, 0.15) is 6.04 Å². The Kier molecular flexibility index (Phi) is 3.55. The van der Waals surface area contributed by atoms with Gasteiger partial charge in [-0.25, -0.2) is 0 Å². The van der Waals surface area contributed by atoms with E-state index in [0.717, 1.165) is 12.8 Å². The Hall–Kier alpha value is -2.09. The molecule has 0 amide bonds. The molecule has 20 heavy (non-hydrogen) atoms. The summed E-state index contributed by atoms with van der Waals surface area (Å²) in [6.07, 6.45) is 3.73. The van der Waals surface area contributed by atoms with Crippen LogP contribution in [0.5, 0.6) is 0 Å². The van der Waals surface area contributed by atoms with Crippen LogP contribution >= 0.6 is 0 Å². The van der Waals surface area contributed by atoms with Crippen molar-refractivity contribution < 1.29 is 4.74 Å². The van der Waals surface area contributed by atoms with Crippen molar-refractivity contribution in [2.45, 2.75) is 31.4 Å². The van der Waals surface area contributed by atoms with E-state index >= 15 is 0 Å². The summed E-state index contributed by atoms with van der Waals surface area (Å²) in [5.74, 6) is 0. The van der Waals surface area contributed by atoms with E-state index < -0.39 is 5.60 Å². The second-order valence-corrected chi connectivity index (χ2v) is 5.14. The first kappa shape index (κ1) is 12.9. The van der Waals surface area contributed by atoms with Gasteiger partial charge in [0.05, 0.1) is 0 Å². The second-order valence-electron chi connectivity index (χ2n) is 5.14. The minimum atomic E-state index is -0.474. The van der Waals surface area contributed by atoms with Gasteiger partial charge < -0.3 is 4.74 Å². The molecular formula is C18H19NO. The molecule has 0 saturated carbocycles. The van der Waals surface area contributed by atoms with Crippen LogP contribution in [-0.2, 0) is 10.3 Å². The molecule has 1 atom stereocenters. The Balaban J connectivity index is 2.14. The average molecular weight is 265 g/mol. The van der Waals surface area contributed by atoms with Gasteiger partial charge in [-0.2, -0.15) is 0 Å². The van der Waals surface area contributed by atoms with Gasteiger partial charge in [0.25, 0.3) is 0 Å². The molecule has 2 aromatic rings. The van der Waals surface area contributed by atoms with Crippen molar-refractivity contribution in [1.82, 2.24) is 0 Å². The molecule has 3 rings (SSSR count). The lowest BCUT2D eigenvalue weighted by Crippen LogP contribution is -2.38.